The van der Waals surface area contributed by atoms with Crippen molar-refractivity contribution in [1.29, 1.82) is 0 Å². The third kappa shape index (κ3) is 6.34. The van der Waals surface area contributed by atoms with E-state index in [1.807, 2.05) is 0 Å². The third-order valence-electron chi connectivity index (χ3n) is 5.33. The largest absolute Gasteiger partial charge is 0.389 e. The zero-order valence-electron chi connectivity index (χ0n) is 16.9. The maximum absolute atomic E-state index is 11.0. The zero-order chi connectivity index (χ0) is 19.2. The Morgan fingerprint density at radius 1 is 1.08 bits per heavy atom. The molecule has 26 heavy (non-hydrogen) atoms. The summed E-state index contributed by atoms with van der Waals surface area (Å²) >= 11 is 0. The smallest absolute Gasteiger partial charge is 0.0897 e. The van der Waals surface area contributed by atoms with Gasteiger partial charge >= 0.3 is 0 Å². The molecule has 0 saturated heterocycles. The number of rotatable bonds is 9. The predicted octanol–water partition coefficient (Wildman–Crippen LogP) is 3.56. The van der Waals surface area contributed by atoms with Gasteiger partial charge in [-0.25, -0.2) is 0 Å². The second-order valence-electron chi connectivity index (χ2n) is 8.58. The summed E-state index contributed by atoms with van der Waals surface area (Å²) in [5, 5.41) is 24.5. The van der Waals surface area contributed by atoms with E-state index in [2.05, 4.69) is 57.3 Å². The number of nitrogens with one attached hydrogen (secondary N) is 1. The second kappa shape index (κ2) is 9.84. The molecule has 1 aliphatic rings. The average molecular weight is 364 g/mol. The molecular weight excluding hydrogens is 326 g/mol. The van der Waals surface area contributed by atoms with Crippen LogP contribution in [0, 0.1) is 5.92 Å². The van der Waals surface area contributed by atoms with Gasteiger partial charge in [0.1, 0.15) is 0 Å². The minimum Gasteiger partial charge on any atom is -0.389 e. The number of hydrogen-bond acceptors (Lipinski definition) is 4. The molecule has 1 fully saturated rings. The van der Waals surface area contributed by atoms with Gasteiger partial charge in [0.2, 0.25) is 0 Å². The van der Waals surface area contributed by atoms with Crippen molar-refractivity contribution < 1.29 is 14.9 Å². The average Bonchev–Trinajstić information content (AvgIpc) is 2.61. The summed E-state index contributed by atoms with van der Waals surface area (Å²) in [6, 6.07) is 8.79. The maximum atomic E-state index is 11.0. The first-order valence-electron chi connectivity index (χ1n) is 10.1. The summed E-state index contributed by atoms with van der Waals surface area (Å²) in [4.78, 5) is 0. The summed E-state index contributed by atoms with van der Waals surface area (Å²) in [6.07, 6.45) is 2.87. The van der Waals surface area contributed by atoms with Crippen LogP contribution in [0.2, 0.25) is 0 Å². The SMILES string of the molecule is CC(C)COCC(O)CNC1CCC(O)(c2ccc(C(C)C)cc2)CC1. The van der Waals surface area contributed by atoms with E-state index in [4.69, 9.17) is 4.74 Å². The van der Waals surface area contributed by atoms with E-state index in [0.29, 0.717) is 37.6 Å². The van der Waals surface area contributed by atoms with Crippen LogP contribution in [-0.2, 0) is 10.3 Å². The minimum absolute atomic E-state index is 0.352. The molecule has 4 nitrogen and oxygen atoms in total. The summed E-state index contributed by atoms with van der Waals surface area (Å²) in [5.74, 6) is 0.996. The first-order valence-corrected chi connectivity index (χ1v) is 10.1. The Labute approximate surface area is 159 Å². The Morgan fingerprint density at radius 2 is 1.69 bits per heavy atom. The first-order chi connectivity index (χ1) is 12.3. The molecule has 0 spiro atoms. The number of aliphatic hydroxyl groups is 2. The summed E-state index contributed by atoms with van der Waals surface area (Å²) in [6.45, 7) is 10.2. The fourth-order valence-corrected chi connectivity index (χ4v) is 3.57. The molecule has 1 saturated carbocycles. The van der Waals surface area contributed by atoms with Crippen molar-refractivity contribution in [1.82, 2.24) is 5.32 Å². The van der Waals surface area contributed by atoms with Crippen LogP contribution >= 0.6 is 0 Å². The second-order valence-corrected chi connectivity index (χ2v) is 8.58. The van der Waals surface area contributed by atoms with Gasteiger partial charge in [-0.2, -0.15) is 0 Å². The van der Waals surface area contributed by atoms with Crippen molar-refractivity contribution in [2.75, 3.05) is 19.8 Å². The lowest BCUT2D eigenvalue weighted by Crippen LogP contribution is -2.43. The Bertz CT molecular complexity index is 519. The molecule has 0 aromatic heterocycles. The monoisotopic (exact) mass is 363 g/mol. The van der Waals surface area contributed by atoms with Crippen molar-refractivity contribution in [2.24, 2.45) is 5.92 Å². The van der Waals surface area contributed by atoms with Gasteiger partial charge in [-0.05, 0) is 48.6 Å². The van der Waals surface area contributed by atoms with Crippen LogP contribution in [0.1, 0.15) is 70.4 Å². The highest BCUT2D eigenvalue weighted by Gasteiger charge is 2.34. The number of benzene rings is 1. The number of hydrogen-bond donors (Lipinski definition) is 3. The normalized spacial score (nSPS) is 25.0. The summed E-state index contributed by atoms with van der Waals surface area (Å²) < 4.78 is 5.48. The van der Waals surface area contributed by atoms with E-state index in [9.17, 15) is 10.2 Å². The quantitative estimate of drug-likeness (QED) is 0.628. The molecule has 1 aromatic carbocycles. The molecule has 1 aliphatic carbocycles. The van der Waals surface area contributed by atoms with E-state index in [0.717, 1.165) is 31.2 Å². The first kappa shape index (κ1) is 21.4. The van der Waals surface area contributed by atoms with Gasteiger partial charge in [-0.1, -0.05) is 52.0 Å². The Hall–Kier alpha value is -0.940. The van der Waals surface area contributed by atoms with Gasteiger partial charge in [-0.3, -0.25) is 0 Å². The highest BCUT2D eigenvalue weighted by molar-refractivity contribution is 5.29. The molecule has 0 aliphatic heterocycles. The molecule has 0 heterocycles. The maximum Gasteiger partial charge on any atom is 0.0897 e. The molecule has 1 atom stereocenters. The summed E-state index contributed by atoms with van der Waals surface area (Å²) in [7, 11) is 0. The van der Waals surface area contributed by atoms with E-state index >= 15 is 0 Å². The Morgan fingerprint density at radius 3 is 2.23 bits per heavy atom. The molecule has 0 radical (unpaired) electrons. The summed E-state index contributed by atoms with van der Waals surface area (Å²) in [5.41, 5.74) is 1.62. The highest BCUT2D eigenvalue weighted by Crippen LogP contribution is 2.37. The van der Waals surface area contributed by atoms with Crippen LogP contribution in [0.5, 0.6) is 0 Å². The van der Waals surface area contributed by atoms with Crippen molar-refractivity contribution in [3.05, 3.63) is 35.4 Å². The van der Waals surface area contributed by atoms with E-state index < -0.39 is 11.7 Å². The molecule has 1 aromatic rings. The van der Waals surface area contributed by atoms with Crippen molar-refractivity contribution in [2.45, 2.75) is 77.0 Å². The molecule has 4 heteroatoms. The van der Waals surface area contributed by atoms with Crippen LogP contribution in [0.15, 0.2) is 24.3 Å². The third-order valence-corrected chi connectivity index (χ3v) is 5.33. The highest BCUT2D eigenvalue weighted by atomic mass is 16.5. The van der Waals surface area contributed by atoms with Gasteiger partial charge in [0.05, 0.1) is 18.3 Å². The lowest BCUT2D eigenvalue weighted by molar-refractivity contribution is -0.0118. The molecule has 1 unspecified atom stereocenters. The van der Waals surface area contributed by atoms with E-state index in [-0.39, 0.29) is 0 Å². The molecule has 2 rings (SSSR count). The van der Waals surface area contributed by atoms with Crippen LogP contribution in [0.3, 0.4) is 0 Å². The lowest BCUT2D eigenvalue weighted by atomic mass is 9.77. The Balaban J connectivity index is 1.75. The molecule has 0 amide bonds. The molecule has 3 N–H and O–H groups in total. The van der Waals surface area contributed by atoms with Gasteiger partial charge < -0.3 is 20.3 Å². The van der Waals surface area contributed by atoms with Crippen LogP contribution in [0.4, 0.5) is 0 Å². The molecule has 0 bridgehead atoms. The number of ether oxygens (including phenoxy) is 1. The van der Waals surface area contributed by atoms with Gasteiger partial charge in [0.15, 0.2) is 0 Å². The standard InChI is InChI=1S/C22H37NO3/c1-16(2)14-26-15-21(24)13-23-20-9-11-22(25,12-10-20)19-7-5-18(6-8-19)17(3)4/h5-8,16-17,20-21,23-25H,9-15H2,1-4H3. The van der Waals surface area contributed by atoms with Gasteiger partial charge in [0, 0.05) is 19.2 Å². The van der Waals surface area contributed by atoms with E-state index in [1.165, 1.54) is 5.56 Å². The fourth-order valence-electron chi connectivity index (χ4n) is 3.57. The van der Waals surface area contributed by atoms with Gasteiger partial charge in [0.25, 0.3) is 0 Å². The minimum atomic E-state index is -0.716. The van der Waals surface area contributed by atoms with E-state index in [1.54, 1.807) is 0 Å². The van der Waals surface area contributed by atoms with Gasteiger partial charge in [-0.15, -0.1) is 0 Å². The zero-order valence-corrected chi connectivity index (χ0v) is 16.9. The lowest BCUT2D eigenvalue weighted by Gasteiger charge is -2.37. The predicted molar refractivity (Wildman–Crippen MR) is 106 cm³/mol. The molecule has 148 valence electrons. The van der Waals surface area contributed by atoms with Crippen molar-refractivity contribution in [3.8, 4) is 0 Å². The van der Waals surface area contributed by atoms with Crippen LogP contribution < -0.4 is 5.32 Å². The topological polar surface area (TPSA) is 61.7 Å². The Kier molecular flexibility index (Phi) is 8.08. The van der Waals surface area contributed by atoms with Crippen LogP contribution in [-0.4, -0.2) is 42.1 Å². The van der Waals surface area contributed by atoms with Crippen molar-refractivity contribution >= 4 is 0 Å². The molecular formula is C22H37NO3. The van der Waals surface area contributed by atoms with Crippen molar-refractivity contribution in [3.63, 3.8) is 0 Å². The van der Waals surface area contributed by atoms with Crippen LogP contribution in [0.25, 0.3) is 0 Å². The fraction of sp³-hybridized carbons (Fsp3) is 0.727. The number of aliphatic hydroxyl groups excluding tert-OH is 1.